The molecule has 1 aromatic rings. The van der Waals surface area contributed by atoms with Crippen LogP contribution in [0.15, 0.2) is 17.0 Å². The fourth-order valence-corrected chi connectivity index (χ4v) is 3.95. The topological polar surface area (TPSA) is 49.4 Å². The standard InChI is InChI=1S/C14H22Cl2N2O2S/c1-9(2)17-8-11-6-12(15)7-13(14(11)16)21(19,20)18(5)10(3)4/h6-7,9-10,17H,8H2,1-5H3. The Morgan fingerprint density at radius 2 is 1.76 bits per heavy atom. The van der Waals surface area contributed by atoms with Gasteiger partial charge in [0.1, 0.15) is 4.90 Å². The molecule has 0 saturated carbocycles. The summed E-state index contributed by atoms with van der Waals surface area (Å²) in [5, 5.41) is 3.79. The summed E-state index contributed by atoms with van der Waals surface area (Å²) in [7, 11) is -2.13. The first kappa shape index (κ1) is 18.7. The zero-order valence-corrected chi connectivity index (χ0v) is 15.3. The molecule has 0 heterocycles. The van der Waals surface area contributed by atoms with Crippen molar-refractivity contribution in [3.8, 4) is 0 Å². The highest BCUT2D eigenvalue weighted by molar-refractivity contribution is 7.89. The van der Waals surface area contributed by atoms with Gasteiger partial charge in [-0.2, -0.15) is 4.31 Å². The van der Waals surface area contributed by atoms with Crippen LogP contribution in [0.5, 0.6) is 0 Å². The normalized spacial score (nSPS) is 12.7. The second-order valence-electron chi connectivity index (χ2n) is 5.53. The van der Waals surface area contributed by atoms with Gasteiger partial charge in [-0.1, -0.05) is 37.0 Å². The average Bonchev–Trinajstić information content (AvgIpc) is 2.37. The lowest BCUT2D eigenvalue weighted by Gasteiger charge is -2.22. The van der Waals surface area contributed by atoms with Gasteiger partial charge in [0, 0.05) is 30.7 Å². The number of halogens is 2. The minimum atomic E-state index is -3.66. The maximum Gasteiger partial charge on any atom is 0.244 e. The molecule has 1 N–H and O–H groups in total. The van der Waals surface area contributed by atoms with Crippen molar-refractivity contribution >= 4 is 33.2 Å². The van der Waals surface area contributed by atoms with Gasteiger partial charge >= 0.3 is 0 Å². The number of benzene rings is 1. The van der Waals surface area contributed by atoms with Gasteiger partial charge in [-0.3, -0.25) is 0 Å². The molecular formula is C14H22Cl2N2O2S. The van der Waals surface area contributed by atoms with Crippen LogP contribution in [0, 0.1) is 0 Å². The Morgan fingerprint density at radius 3 is 2.24 bits per heavy atom. The summed E-state index contributed by atoms with van der Waals surface area (Å²) < 4.78 is 26.5. The molecule has 7 heteroatoms. The Bertz CT molecular complexity index is 601. The van der Waals surface area contributed by atoms with Crippen LogP contribution in [0.25, 0.3) is 0 Å². The maximum atomic E-state index is 12.6. The maximum absolute atomic E-state index is 12.6. The summed E-state index contributed by atoms with van der Waals surface area (Å²) in [5.41, 5.74) is 0.675. The predicted octanol–water partition coefficient (Wildman–Crippen LogP) is 3.52. The minimum Gasteiger partial charge on any atom is -0.310 e. The molecule has 0 amide bonds. The number of nitrogens with zero attached hydrogens (tertiary/aromatic N) is 1. The second-order valence-corrected chi connectivity index (χ2v) is 8.31. The molecule has 0 unspecified atom stereocenters. The molecule has 0 saturated heterocycles. The van der Waals surface area contributed by atoms with E-state index in [-0.39, 0.29) is 22.0 Å². The summed E-state index contributed by atoms with van der Waals surface area (Å²) in [6.07, 6.45) is 0. The largest absolute Gasteiger partial charge is 0.310 e. The van der Waals surface area contributed by atoms with Crippen LogP contribution in [-0.4, -0.2) is 31.9 Å². The van der Waals surface area contributed by atoms with Crippen molar-refractivity contribution < 1.29 is 8.42 Å². The SMILES string of the molecule is CC(C)NCc1cc(Cl)cc(S(=O)(=O)N(C)C(C)C)c1Cl. The first-order valence-electron chi connectivity index (χ1n) is 6.76. The lowest BCUT2D eigenvalue weighted by atomic mass is 10.2. The van der Waals surface area contributed by atoms with Gasteiger partial charge < -0.3 is 5.32 Å². The summed E-state index contributed by atoms with van der Waals surface area (Å²) in [4.78, 5) is 0.0495. The van der Waals surface area contributed by atoms with Gasteiger partial charge in [0.2, 0.25) is 10.0 Å². The average molecular weight is 353 g/mol. The monoisotopic (exact) mass is 352 g/mol. The van der Waals surface area contributed by atoms with E-state index in [1.54, 1.807) is 19.9 Å². The van der Waals surface area contributed by atoms with E-state index in [1.165, 1.54) is 17.4 Å². The van der Waals surface area contributed by atoms with Crippen LogP contribution in [0.4, 0.5) is 0 Å². The van der Waals surface area contributed by atoms with Crippen LogP contribution in [0.3, 0.4) is 0 Å². The van der Waals surface area contributed by atoms with Crippen molar-refractivity contribution in [3.05, 3.63) is 27.7 Å². The predicted molar refractivity (Wildman–Crippen MR) is 88.5 cm³/mol. The highest BCUT2D eigenvalue weighted by atomic mass is 35.5. The van der Waals surface area contributed by atoms with Gasteiger partial charge in [0.25, 0.3) is 0 Å². The lowest BCUT2D eigenvalue weighted by molar-refractivity contribution is 0.410. The second kappa shape index (κ2) is 7.29. The van der Waals surface area contributed by atoms with Crippen LogP contribution in [0.2, 0.25) is 10.0 Å². The van der Waals surface area contributed by atoms with Crippen molar-refractivity contribution in [1.29, 1.82) is 0 Å². The Balaban J connectivity index is 3.31. The Morgan fingerprint density at radius 1 is 1.19 bits per heavy atom. The third-order valence-electron chi connectivity index (χ3n) is 3.16. The molecule has 1 aromatic carbocycles. The molecule has 0 fully saturated rings. The molecule has 0 bridgehead atoms. The molecule has 120 valence electrons. The summed E-state index contributed by atoms with van der Waals surface area (Å²) in [6, 6.07) is 3.19. The molecular weight excluding hydrogens is 331 g/mol. The quantitative estimate of drug-likeness (QED) is 0.851. The first-order valence-corrected chi connectivity index (χ1v) is 8.96. The van der Waals surface area contributed by atoms with Crippen molar-refractivity contribution in [2.75, 3.05) is 7.05 Å². The first-order chi connectivity index (χ1) is 9.57. The van der Waals surface area contributed by atoms with Crippen molar-refractivity contribution in [2.24, 2.45) is 0 Å². The molecule has 0 aliphatic rings. The Labute approximate surface area is 137 Å². The van der Waals surface area contributed by atoms with Crippen LogP contribution in [-0.2, 0) is 16.6 Å². The van der Waals surface area contributed by atoms with Crippen molar-refractivity contribution in [1.82, 2.24) is 9.62 Å². The van der Waals surface area contributed by atoms with E-state index >= 15 is 0 Å². The molecule has 0 spiro atoms. The van der Waals surface area contributed by atoms with E-state index < -0.39 is 10.0 Å². The third kappa shape index (κ3) is 4.57. The highest BCUT2D eigenvalue weighted by Gasteiger charge is 2.27. The van der Waals surface area contributed by atoms with E-state index in [1.807, 2.05) is 13.8 Å². The van der Waals surface area contributed by atoms with E-state index in [4.69, 9.17) is 23.2 Å². The van der Waals surface area contributed by atoms with Gasteiger partial charge in [-0.15, -0.1) is 0 Å². The van der Waals surface area contributed by atoms with E-state index in [0.717, 1.165) is 0 Å². The number of hydrogen-bond donors (Lipinski definition) is 1. The number of sulfonamides is 1. The molecule has 0 radical (unpaired) electrons. The molecule has 0 aromatic heterocycles. The van der Waals surface area contributed by atoms with Crippen LogP contribution in [0.1, 0.15) is 33.3 Å². The van der Waals surface area contributed by atoms with Crippen molar-refractivity contribution in [2.45, 2.75) is 51.2 Å². The molecule has 0 aliphatic heterocycles. The third-order valence-corrected chi connectivity index (χ3v) is 6.00. The zero-order valence-electron chi connectivity index (χ0n) is 12.9. The molecule has 1 rings (SSSR count). The number of nitrogens with one attached hydrogen (secondary N) is 1. The van der Waals surface area contributed by atoms with E-state index in [9.17, 15) is 8.42 Å². The molecule has 21 heavy (non-hydrogen) atoms. The van der Waals surface area contributed by atoms with Gasteiger partial charge in [-0.05, 0) is 31.5 Å². The summed E-state index contributed by atoms with van der Waals surface area (Å²) >= 11 is 12.4. The van der Waals surface area contributed by atoms with E-state index in [0.29, 0.717) is 17.1 Å². The Hall–Kier alpha value is -0.330. The number of hydrogen-bond acceptors (Lipinski definition) is 3. The van der Waals surface area contributed by atoms with Gasteiger partial charge in [-0.25, -0.2) is 8.42 Å². The molecule has 4 nitrogen and oxygen atoms in total. The van der Waals surface area contributed by atoms with Crippen molar-refractivity contribution in [3.63, 3.8) is 0 Å². The van der Waals surface area contributed by atoms with Gasteiger partial charge in [0.15, 0.2) is 0 Å². The fraction of sp³-hybridized carbons (Fsp3) is 0.571. The van der Waals surface area contributed by atoms with Crippen LogP contribution < -0.4 is 5.32 Å². The lowest BCUT2D eigenvalue weighted by Crippen LogP contribution is -2.33. The molecule has 0 aliphatic carbocycles. The highest BCUT2D eigenvalue weighted by Crippen LogP contribution is 2.31. The zero-order chi connectivity index (χ0) is 16.4. The van der Waals surface area contributed by atoms with Crippen LogP contribution >= 0.6 is 23.2 Å². The summed E-state index contributed by atoms with van der Waals surface area (Å²) in [6.45, 7) is 8.07. The summed E-state index contributed by atoms with van der Waals surface area (Å²) in [5.74, 6) is 0. The minimum absolute atomic E-state index is 0.0495. The Kier molecular flexibility index (Phi) is 6.50. The molecule has 0 atom stereocenters. The van der Waals surface area contributed by atoms with Gasteiger partial charge in [0.05, 0.1) is 5.02 Å². The fourth-order valence-electron chi connectivity index (χ4n) is 1.68. The van der Waals surface area contributed by atoms with E-state index in [2.05, 4.69) is 5.32 Å². The number of rotatable bonds is 6. The smallest absolute Gasteiger partial charge is 0.244 e.